The minimum absolute atomic E-state index is 0.0891. The van der Waals surface area contributed by atoms with Gasteiger partial charge in [-0.3, -0.25) is 9.78 Å². The summed E-state index contributed by atoms with van der Waals surface area (Å²) >= 11 is 12.8. The normalized spacial score (nSPS) is 14.5. The van der Waals surface area contributed by atoms with Crippen LogP contribution in [0.5, 0.6) is 11.5 Å². The van der Waals surface area contributed by atoms with Gasteiger partial charge in [0.15, 0.2) is 11.5 Å². The molecule has 13 heteroatoms. The van der Waals surface area contributed by atoms with E-state index in [0.29, 0.717) is 29.3 Å². The van der Waals surface area contributed by atoms with E-state index in [2.05, 4.69) is 14.4 Å². The summed E-state index contributed by atoms with van der Waals surface area (Å²) in [5, 5.41) is 1.46. The van der Waals surface area contributed by atoms with Crippen LogP contribution in [0.3, 0.4) is 0 Å². The number of ether oxygens (including phenoxy) is 3. The fraction of sp³-hybridized carbons (Fsp3) is 0.310. The third-order valence-corrected chi connectivity index (χ3v) is 7.85. The lowest BCUT2D eigenvalue weighted by atomic mass is 10.0. The molecule has 0 radical (unpaired) electrons. The summed E-state index contributed by atoms with van der Waals surface area (Å²) < 4.78 is 58.9. The van der Waals surface area contributed by atoms with Gasteiger partial charge in [0.05, 0.1) is 22.2 Å². The number of nitrogens with one attached hydrogen (secondary N) is 1. The molecule has 1 N–H and O–H groups in total. The number of benzene rings is 2. The molecule has 0 bridgehead atoms. The number of alkyl halides is 2. The fourth-order valence-electron chi connectivity index (χ4n) is 4.46. The first-order chi connectivity index (χ1) is 20.2. The van der Waals surface area contributed by atoms with Crippen LogP contribution in [0.1, 0.15) is 30.1 Å². The zero-order chi connectivity index (χ0) is 29.8. The highest BCUT2D eigenvalue weighted by Crippen LogP contribution is 2.38. The van der Waals surface area contributed by atoms with Crippen molar-refractivity contribution in [1.82, 2.24) is 9.55 Å². The maximum Gasteiger partial charge on any atom is 0.387 e. The van der Waals surface area contributed by atoms with Crippen molar-refractivity contribution in [3.63, 3.8) is 0 Å². The van der Waals surface area contributed by atoms with Gasteiger partial charge in [-0.25, -0.2) is 4.21 Å². The molecule has 1 saturated carbocycles. The van der Waals surface area contributed by atoms with Crippen LogP contribution < -0.4 is 14.2 Å². The van der Waals surface area contributed by atoms with Gasteiger partial charge in [-0.1, -0.05) is 35.3 Å². The molecule has 8 nitrogen and oxygen atoms in total. The van der Waals surface area contributed by atoms with E-state index < -0.39 is 29.7 Å². The average Bonchev–Trinajstić information content (AvgIpc) is 3.69. The number of rotatable bonds is 13. The Labute approximate surface area is 253 Å². The Hall–Kier alpha value is -3.41. The average molecular weight is 639 g/mol. The lowest BCUT2D eigenvalue weighted by Gasteiger charge is -2.22. The predicted octanol–water partition coefficient (Wildman–Crippen LogP) is 6.97. The van der Waals surface area contributed by atoms with Crippen LogP contribution in [0.15, 0.2) is 61.1 Å². The van der Waals surface area contributed by atoms with E-state index in [-0.39, 0.29) is 34.5 Å². The van der Waals surface area contributed by atoms with Crippen LogP contribution in [0.4, 0.5) is 14.5 Å². The first kappa shape index (κ1) is 30.1. The monoisotopic (exact) mass is 637 g/mol. The molecule has 0 amide bonds. The number of aromatic nitrogens is 2. The second kappa shape index (κ2) is 13.3. The van der Waals surface area contributed by atoms with Gasteiger partial charge >= 0.3 is 12.6 Å². The van der Waals surface area contributed by atoms with Gasteiger partial charge < -0.3 is 23.5 Å². The van der Waals surface area contributed by atoms with E-state index in [9.17, 15) is 17.8 Å². The second-order valence-electron chi connectivity index (χ2n) is 9.88. The summed E-state index contributed by atoms with van der Waals surface area (Å²) in [6, 6.07) is 11.7. The molecule has 1 aliphatic carbocycles. The minimum atomic E-state index is -3.04. The Morgan fingerprint density at radius 1 is 1.12 bits per heavy atom. The van der Waals surface area contributed by atoms with Crippen molar-refractivity contribution >= 4 is 56.7 Å². The molecule has 2 aromatic heterocycles. The number of carbonyl (C=O) groups is 1. The topological polar surface area (TPSA) is 91.7 Å². The summed E-state index contributed by atoms with van der Waals surface area (Å²) in [5.74, 6) is -0.196. The van der Waals surface area contributed by atoms with Crippen molar-refractivity contribution in [2.45, 2.75) is 38.5 Å². The largest absolute Gasteiger partial charge is 0.489 e. The SMILES string of the molecule is CS(=O)Nc1ccc2ccn(CC(=O)OC(Cc3c(Cl)cncc3Cl)c3ccc(OC(F)F)c(OCC4CC4)c3)c2c1. The van der Waals surface area contributed by atoms with Gasteiger partial charge in [-0.05, 0) is 65.6 Å². The highest BCUT2D eigenvalue weighted by atomic mass is 35.5. The molecule has 0 aliphatic heterocycles. The molecule has 222 valence electrons. The Balaban J connectivity index is 1.43. The molecule has 0 saturated heterocycles. The van der Waals surface area contributed by atoms with Crippen LogP contribution in [0.25, 0.3) is 10.9 Å². The number of esters is 1. The number of hydrogen-bond donors (Lipinski definition) is 1. The zero-order valence-electron chi connectivity index (χ0n) is 22.4. The number of nitrogens with zero attached hydrogens (tertiary/aromatic N) is 2. The number of hydrogen-bond acceptors (Lipinski definition) is 6. The summed E-state index contributed by atoms with van der Waals surface area (Å²) in [5.41, 5.74) is 2.37. The Kier molecular flexibility index (Phi) is 9.50. The Morgan fingerprint density at radius 3 is 2.57 bits per heavy atom. The predicted molar refractivity (Wildman–Crippen MR) is 158 cm³/mol. The highest BCUT2D eigenvalue weighted by Gasteiger charge is 2.26. The number of halogens is 4. The Morgan fingerprint density at radius 2 is 1.88 bits per heavy atom. The summed E-state index contributed by atoms with van der Waals surface area (Å²) in [6.45, 7) is -2.81. The summed E-state index contributed by atoms with van der Waals surface area (Å²) in [6.07, 6.45) is 7.35. The van der Waals surface area contributed by atoms with Gasteiger partial charge in [0.2, 0.25) is 0 Å². The first-order valence-electron chi connectivity index (χ1n) is 13.0. The maximum atomic E-state index is 13.3. The van der Waals surface area contributed by atoms with Crippen molar-refractivity contribution < 1.29 is 32.0 Å². The molecule has 2 unspecified atom stereocenters. The van der Waals surface area contributed by atoms with E-state index >= 15 is 0 Å². The number of fused-ring (bicyclic) bond motifs is 1. The van der Waals surface area contributed by atoms with Crippen LogP contribution in [-0.4, -0.2) is 39.2 Å². The number of anilines is 1. The molecule has 4 aromatic rings. The van der Waals surface area contributed by atoms with Crippen LogP contribution >= 0.6 is 23.2 Å². The van der Waals surface area contributed by atoms with E-state index in [0.717, 1.165) is 23.7 Å². The van der Waals surface area contributed by atoms with E-state index in [1.165, 1.54) is 36.8 Å². The molecule has 1 fully saturated rings. The molecule has 1 aliphatic rings. The van der Waals surface area contributed by atoms with Gasteiger partial charge in [0, 0.05) is 37.0 Å². The minimum Gasteiger partial charge on any atom is -0.489 e. The smallest absolute Gasteiger partial charge is 0.387 e. The highest BCUT2D eigenvalue weighted by molar-refractivity contribution is 7.85. The molecule has 5 rings (SSSR count). The van der Waals surface area contributed by atoms with Crippen molar-refractivity contribution in [2.75, 3.05) is 17.6 Å². The van der Waals surface area contributed by atoms with Crippen LogP contribution in [0.2, 0.25) is 10.0 Å². The third kappa shape index (κ3) is 7.70. The van der Waals surface area contributed by atoms with Crippen molar-refractivity contribution in [2.24, 2.45) is 5.92 Å². The van der Waals surface area contributed by atoms with E-state index in [1.54, 1.807) is 22.9 Å². The van der Waals surface area contributed by atoms with Crippen molar-refractivity contribution in [3.8, 4) is 11.5 Å². The van der Waals surface area contributed by atoms with Crippen molar-refractivity contribution in [1.29, 1.82) is 0 Å². The van der Waals surface area contributed by atoms with Gasteiger partial charge in [0.25, 0.3) is 0 Å². The van der Waals surface area contributed by atoms with E-state index in [1.807, 2.05) is 12.1 Å². The number of carbonyl (C=O) groups excluding carboxylic acids is 1. The molecule has 2 heterocycles. The summed E-state index contributed by atoms with van der Waals surface area (Å²) in [4.78, 5) is 17.3. The first-order valence-corrected chi connectivity index (χ1v) is 15.4. The molecule has 2 atom stereocenters. The third-order valence-electron chi connectivity index (χ3n) is 6.68. The summed E-state index contributed by atoms with van der Waals surface area (Å²) in [7, 11) is -1.26. The fourth-order valence-corrected chi connectivity index (χ4v) is 5.43. The molecule has 2 aromatic carbocycles. The lowest BCUT2D eigenvalue weighted by molar-refractivity contribution is -0.150. The van der Waals surface area contributed by atoms with Crippen LogP contribution in [-0.2, 0) is 33.5 Å². The standard InChI is InChI=1S/C29H27Cl2F2N3O5S/c1-42(38)35-20-6-4-18-8-9-36(24(18)11-20)15-28(37)40-26(12-21-22(30)13-34-14-23(21)31)19-5-7-25(41-29(32)33)27(10-19)39-16-17-2-3-17/h4-11,13-14,17,26,29,35H,2-3,12,15-16H2,1H3. The lowest BCUT2D eigenvalue weighted by Crippen LogP contribution is -2.19. The van der Waals surface area contributed by atoms with Crippen LogP contribution in [0, 0.1) is 5.92 Å². The molecular formula is C29H27Cl2F2N3O5S. The quantitative estimate of drug-likeness (QED) is 0.159. The van der Waals surface area contributed by atoms with E-state index in [4.69, 9.17) is 32.7 Å². The molecular weight excluding hydrogens is 611 g/mol. The zero-order valence-corrected chi connectivity index (χ0v) is 24.7. The number of pyridine rings is 1. The van der Waals surface area contributed by atoms with Gasteiger partial charge in [-0.2, -0.15) is 8.78 Å². The van der Waals surface area contributed by atoms with Gasteiger partial charge in [-0.15, -0.1) is 0 Å². The molecule has 42 heavy (non-hydrogen) atoms. The van der Waals surface area contributed by atoms with Gasteiger partial charge in [0.1, 0.15) is 23.6 Å². The second-order valence-corrected chi connectivity index (χ2v) is 11.8. The molecule has 0 spiro atoms. The van der Waals surface area contributed by atoms with Crippen molar-refractivity contribution in [3.05, 3.63) is 82.2 Å². The Bertz CT molecular complexity index is 1600. The maximum absolute atomic E-state index is 13.3.